The van der Waals surface area contributed by atoms with Crippen LogP contribution in [0.5, 0.6) is 5.75 Å². The molecule has 7 heteroatoms. The summed E-state index contributed by atoms with van der Waals surface area (Å²) in [4.78, 5) is 25.5. The summed E-state index contributed by atoms with van der Waals surface area (Å²) in [5.74, 6) is 0.205. The number of likely N-dealkylation sites (N-methyl/N-ethyl adjacent to an activating group) is 1. The molecule has 1 fully saturated rings. The van der Waals surface area contributed by atoms with Crippen LogP contribution in [0.25, 0.3) is 0 Å². The molecule has 1 aromatic rings. The summed E-state index contributed by atoms with van der Waals surface area (Å²) in [7, 11) is 5.79. The molecule has 21 heavy (non-hydrogen) atoms. The van der Waals surface area contributed by atoms with Crippen molar-refractivity contribution in [1.82, 2.24) is 10.2 Å². The third-order valence-electron chi connectivity index (χ3n) is 3.58. The van der Waals surface area contributed by atoms with Crippen molar-refractivity contribution in [3.05, 3.63) is 29.8 Å². The van der Waals surface area contributed by atoms with Crippen LogP contribution in [0.1, 0.15) is 5.56 Å². The number of nitrogens with zero attached hydrogens (tertiary/aromatic N) is 1. The Bertz CT molecular complexity index is 541. The van der Waals surface area contributed by atoms with Gasteiger partial charge in [0.15, 0.2) is 11.8 Å². The lowest BCUT2D eigenvalue weighted by atomic mass is 9.88. The average molecular weight is 294 g/mol. The number of carbonyl (C=O) groups excluding carboxylic acids is 2. The predicted octanol–water partition coefficient (Wildman–Crippen LogP) is 0.691. The Morgan fingerprint density at radius 3 is 2.05 bits per heavy atom. The molecular weight excluding hydrogens is 276 g/mol. The number of nitrogens with one attached hydrogen (secondary N) is 1. The third kappa shape index (κ3) is 2.24. The lowest BCUT2D eigenvalue weighted by Gasteiger charge is -2.33. The van der Waals surface area contributed by atoms with Gasteiger partial charge in [-0.3, -0.25) is 9.69 Å². The van der Waals surface area contributed by atoms with E-state index in [1.54, 1.807) is 31.4 Å². The molecule has 2 rings (SSSR count). The second kappa shape index (κ2) is 5.71. The van der Waals surface area contributed by atoms with Gasteiger partial charge in [-0.05, 0) is 17.7 Å². The number of methoxy groups -OCH3 is 3. The monoisotopic (exact) mass is 294 g/mol. The average Bonchev–Trinajstić information content (AvgIpc) is 2.74. The summed E-state index contributed by atoms with van der Waals surface area (Å²) in [6.45, 7) is 0. The van der Waals surface area contributed by atoms with E-state index in [9.17, 15) is 9.59 Å². The first kappa shape index (κ1) is 15.3. The Hall–Kier alpha value is -2.12. The van der Waals surface area contributed by atoms with E-state index in [-0.39, 0.29) is 0 Å². The summed E-state index contributed by atoms with van der Waals surface area (Å²) in [5.41, 5.74) is -0.860. The molecule has 3 amide bonds. The molecule has 0 saturated carbocycles. The minimum Gasteiger partial charge on any atom is -0.497 e. The first-order valence-electron chi connectivity index (χ1n) is 6.31. The fourth-order valence-electron chi connectivity index (χ4n) is 2.46. The van der Waals surface area contributed by atoms with E-state index in [1.807, 2.05) is 0 Å². The van der Waals surface area contributed by atoms with Crippen molar-refractivity contribution in [3.63, 3.8) is 0 Å². The maximum Gasteiger partial charge on any atom is 0.325 e. The van der Waals surface area contributed by atoms with Gasteiger partial charge in [0.05, 0.1) is 7.11 Å². The summed E-state index contributed by atoms with van der Waals surface area (Å²) in [6, 6.07) is 6.30. The molecule has 1 aliphatic heterocycles. The molecule has 0 bridgehead atoms. The SMILES string of the molecule is COc1ccc([C@]2(C(OC)OC)NC(=O)N(C)C2=O)cc1. The fourth-order valence-corrected chi connectivity index (χ4v) is 2.46. The molecule has 0 spiro atoms. The van der Waals surface area contributed by atoms with Gasteiger partial charge in [-0.2, -0.15) is 0 Å². The Morgan fingerprint density at radius 2 is 1.67 bits per heavy atom. The van der Waals surface area contributed by atoms with E-state index < -0.39 is 23.8 Å². The molecule has 7 nitrogen and oxygen atoms in total. The van der Waals surface area contributed by atoms with Crippen LogP contribution >= 0.6 is 0 Å². The van der Waals surface area contributed by atoms with Crippen molar-refractivity contribution in [2.45, 2.75) is 11.8 Å². The van der Waals surface area contributed by atoms with Crippen LogP contribution in [-0.4, -0.2) is 51.5 Å². The molecule has 0 radical (unpaired) electrons. The van der Waals surface area contributed by atoms with E-state index in [0.717, 1.165) is 4.90 Å². The molecule has 0 aromatic heterocycles. The second-order valence-electron chi connectivity index (χ2n) is 4.63. The first-order chi connectivity index (χ1) is 10.0. The number of imide groups is 1. The molecule has 0 unspecified atom stereocenters. The second-order valence-corrected chi connectivity index (χ2v) is 4.63. The highest BCUT2D eigenvalue weighted by molar-refractivity contribution is 6.07. The molecule has 1 heterocycles. The molecule has 1 saturated heterocycles. The number of hydrogen-bond acceptors (Lipinski definition) is 5. The van der Waals surface area contributed by atoms with Crippen LogP contribution in [0.15, 0.2) is 24.3 Å². The summed E-state index contributed by atoms with van der Waals surface area (Å²) < 4.78 is 15.6. The molecule has 114 valence electrons. The Labute approximate surface area is 122 Å². The van der Waals surface area contributed by atoms with Crippen LogP contribution < -0.4 is 10.1 Å². The van der Waals surface area contributed by atoms with E-state index in [1.165, 1.54) is 21.3 Å². The standard InChI is InChI=1S/C14H18N2O5/c1-16-11(17)14(15-13(16)18,12(20-3)21-4)9-5-7-10(19-2)8-6-9/h5-8,12H,1-4H3,(H,15,18)/t14-/m0/s1. The lowest BCUT2D eigenvalue weighted by Crippen LogP contribution is -2.55. The van der Waals surface area contributed by atoms with Crippen LogP contribution in [0.2, 0.25) is 0 Å². The lowest BCUT2D eigenvalue weighted by molar-refractivity contribution is -0.169. The molecular formula is C14H18N2O5. The number of urea groups is 1. The minimum atomic E-state index is -1.42. The number of benzene rings is 1. The molecule has 1 N–H and O–H groups in total. The number of hydrogen-bond donors (Lipinski definition) is 1. The Balaban J connectivity index is 2.55. The fraction of sp³-hybridized carbons (Fsp3) is 0.429. The molecule has 1 atom stereocenters. The largest absolute Gasteiger partial charge is 0.497 e. The van der Waals surface area contributed by atoms with Crippen molar-refractivity contribution >= 4 is 11.9 Å². The summed E-state index contributed by atoms with van der Waals surface area (Å²) in [5, 5.41) is 2.67. The van der Waals surface area contributed by atoms with Crippen molar-refractivity contribution in [2.75, 3.05) is 28.4 Å². The van der Waals surface area contributed by atoms with Crippen molar-refractivity contribution < 1.29 is 23.8 Å². The van der Waals surface area contributed by atoms with Gasteiger partial charge in [-0.15, -0.1) is 0 Å². The van der Waals surface area contributed by atoms with Gasteiger partial charge in [0.1, 0.15) is 5.75 Å². The van der Waals surface area contributed by atoms with Gasteiger partial charge >= 0.3 is 6.03 Å². The van der Waals surface area contributed by atoms with Crippen molar-refractivity contribution in [2.24, 2.45) is 0 Å². The van der Waals surface area contributed by atoms with E-state index in [0.29, 0.717) is 11.3 Å². The zero-order valence-corrected chi connectivity index (χ0v) is 12.4. The van der Waals surface area contributed by atoms with E-state index in [4.69, 9.17) is 14.2 Å². The first-order valence-corrected chi connectivity index (χ1v) is 6.31. The third-order valence-corrected chi connectivity index (χ3v) is 3.58. The zero-order valence-electron chi connectivity index (χ0n) is 12.4. The maximum absolute atomic E-state index is 12.6. The topological polar surface area (TPSA) is 77.1 Å². The smallest absolute Gasteiger partial charge is 0.325 e. The van der Waals surface area contributed by atoms with Gasteiger partial charge in [-0.1, -0.05) is 12.1 Å². The maximum atomic E-state index is 12.6. The zero-order chi connectivity index (χ0) is 15.6. The minimum absolute atomic E-state index is 0.439. The highest BCUT2D eigenvalue weighted by Gasteiger charge is 2.57. The highest BCUT2D eigenvalue weighted by Crippen LogP contribution is 2.34. The van der Waals surface area contributed by atoms with Crippen LogP contribution in [0, 0.1) is 0 Å². The summed E-state index contributed by atoms with van der Waals surface area (Å²) in [6.07, 6.45) is -0.952. The van der Waals surface area contributed by atoms with Crippen LogP contribution in [0.3, 0.4) is 0 Å². The number of amides is 3. The van der Waals surface area contributed by atoms with Gasteiger partial charge in [0, 0.05) is 21.3 Å². The number of rotatable bonds is 5. The van der Waals surface area contributed by atoms with Gasteiger partial charge in [0.2, 0.25) is 0 Å². The predicted molar refractivity (Wildman–Crippen MR) is 73.8 cm³/mol. The van der Waals surface area contributed by atoms with Crippen molar-refractivity contribution in [3.8, 4) is 5.75 Å². The van der Waals surface area contributed by atoms with Crippen LogP contribution in [-0.2, 0) is 19.8 Å². The Morgan fingerprint density at radius 1 is 1.10 bits per heavy atom. The van der Waals surface area contributed by atoms with Gasteiger partial charge < -0.3 is 19.5 Å². The highest BCUT2D eigenvalue weighted by atomic mass is 16.7. The number of carbonyl (C=O) groups is 2. The number of ether oxygens (including phenoxy) is 3. The molecule has 1 aliphatic rings. The summed E-state index contributed by atoms with van der Waals surface area (Å²) >= 11 is 0. The normalized spacial score (nSPS) is 21.9. The van der Waals surface area contributed by atoms with E-state index in [2.05, 4.69) is 5.32 Å². The Kier molecular flexibility index (Phi) is 4.15. The van der Waals surface area contributed by atoms with E-state index >= 15 is 0 Å². The van der Waals surface area contributed by atoms with Crippen LogP contribution in [0.4, 0.5) is 4.79 Å². The van der Waals surface area contributed by atoms with Crippen molar-refractivity contribution in [1.29, 1.82) is 0 Å². The quantitative estimate of drug-likeness (QED) is 0.638. The molecule has 1 aromatic carbocycles. The van der Waals surface area contributed by atoms with Gasteiger partial charge in [0.25, 0.3) is 5.91 Å². The van der Waals surface area contributed by atoms with Gasteiger partial charge in [-0.25, -0.2) is 4.79 Å². The molecule has 0 aliphatic carbocycles.